The molecule has 1 amide bonds. The molecule has 2 aromatic rings. The average molecular weight is 322 g/mol. The molecule has 1 unspecified atom stereocenters. The maximum Gasteiger partial charge on any atom is 0.258 e. The van der Waals surface area contributed by atoms with Gasteiger partial charge in [-0.25, -0.2) is 13.4 Å². The van der Waals surface area contributed by atoms with Crippen molar-refractivity contribution in [3.05, 3.63) is 47.9 Å². The summed E-state index contributed by atoms with van der Waals surface area (Å²) >= 11 is 0. The van der Waals surface area contributed by atoms with E-state index in [0.717, 1.165) is 0 Å². The number of aromatic nitrogens is 2. The number of nitrogens with zero attached hydrogens (tertiary/aromatic N) is 1. The van der Waals surface area contributed by atoms with E-state index < -0.39 is 22.0 Å². The van der Waals surface area contributed by atoms with Crippen LogP contribution < -0.4 is 10.5 Å². The zero-order chi connectivity index (χ0) is 16.3. The Hall–Kier alpha value is -2.19. The molecule has 1 aromatic carbocycles. The van der Waals surface area contributed by atoms with Crippen molar-refractivity contribution in [2.45, 2.75) is 30.8 Å². The fraction of sp³-hybridized carbons (Fsp3) is 0.286. The number of primary amides is 1. The number of nitrogens with two attached hydrogens (primary N) is 1. The second-order valence-corrected chi connectivity index (χ2v) is 6.84. The summed E-state index contributed by atoms with van der Waals surface area (Å²) in [6, 6.07) is 7.28. The predicted octanol–water partition coefficient (Wildman–Crippen LogP) is 1.04. The Balaban J connectivity index is 2.30. The van der Waals surface area contributed by atoms with Gasteiger partial charge in [0.25, 0.3) is 10.0 Å². The topological polar surface area (TPSA) is 118 Å². The minimum Gasteiger partial charge on any atom is -0.368 e. The van der Waals surface area contributed by atoms with Crippen molar-refractivity contribution >= 4 is 15.9 Å². The first kappa shape index (κ1) is 16.2. The van der Waals surface area contributed by atoms with E-state index in [1.54, 1.807) is 30.3 Å². The molecule has 8 heteroatoms. The predicted molar refractivity (Wildman–Crippen MR) is 81.4 cm³/mol. The first-order valence-corrected chi connectivity index (χ1v) is 8.21. The smallest absolute Gasteiger partial charge is 0.258 e. The molecule has 1 aromatic heterocycles. The molecule has 0 saturated carbocycles. The number of H-pyrrole nitrogens is 1. The molecule has 0 radical (unpaired) electrons. The van der Waals surface area contributed by atoms with Gasteiger partial charge >= 0.3 is 0 Å². The highest BCUT2D eigenvalue weighted by atomic mass is 32.2. The lowest BCUT2D eigenvalue weighted by Gasteiger charge is -2.15. The van der Waals surface area contributed by atoms with Crippen molar-refractivity contribution in [3.63, 3.8) is 0 Å². The van der Waals surface area contributed by atoms with Gasteiger partial charge in [-0.15, -0.1) is 0 Å². The molecule has 22 heavy (non-hydrogen) atoms. The van der Waals surface area contributed by atoms with Crippen molar-refractivity contribution in [1.29, 1.82) is 0 Å². The normalized spacial score (nSPS) is 13.2. The van der Waals surface area contributed by atoms with Crippen molar-refractivity contribution < 1.29 is 13.2 Å². The first-order valence-electron chi connectivity index (χ1n) is 6.72. The van der Waals surface area contributed by atoms with Crippen LogP contribution in [-0.4, -0.2) is 24.3 Å². The number of hydrogen-bond donors (Lipinski definition) is 3. The van der Waals surface area contributed by atoms with Crippen LogP contribution in [0, 0.1) is 0 Å². The van der Waals surface area contributed by atoms with Crippen LogP contribution in [0.2, 0.25) is 0 Å². The van der Waals surface area contributed by atoms with Gasteiger partial charge in [-0.3, -0.25) is 4.79 Å². The SMILES string of the molecule is CC(C)c1ncc(S(=O)(=O)NC(C(N)=O)c2ccccc2)[nH]1. The Labute approximate surface area is 129 Å². The molecule has 0 saturated heterocycles. The van der Waals surface area contributed by atoms with Crippen LogP contribution in [0.1, 0.15) is 37.2 Å². The van der Waals surface area contributed by atoms with Crippen molar-refractivity contribution in [2.24, 2.45) is 5.73 Å². The fourth-order valence-corrected chi connectivity index (χ4v) is 3.02. The zero-order valence-corrected chi connectivity index (χ0v) is 13.1. The average Bonchev–Trinajstić information content (AvgIpc) is 2.96. The number of rotatable bonds is 6. The largest absolute Gasteiger partial charge is 0.368 e. The quantitative estimate of drug-likeness (QED) is 0.736. The fourth-order valence-electron chi connectivity index (χ4n) is 1.90. The molecule has 1 atom stereocenters. The summed E-state index contributed by atoms with van der Waals surface area (Å²) in [7, 11) is -3.93. The third-order valence-electron chi connectivity index (χ3n) is 3.10. The highest BCUT2D eigenvalue weighted by Gasteiger charge is 2.27. The van der Waals surface area contributed by atoms with Crippen LogP contribution in [0.25, 0.3) is 0 Å². The Morgan fingerprint density at radius 3 is 2.41 bits per heavy atom. The lowest BCUT2D eigenvalue weighted by Crippen LogP contribution is -2.37. The monoisotopic (exact) mass is 322 g/mol. The molecule has 118 valence electrons. The summed E-state index contributed by atoms with van der Waals surface area (Å²) in [5.41, 5.74) is 5.79. The van der Waals surface area contributed by atoms with E-state index in [0.29, 0.717) is 11.4 Å². The van der Waals surface area contributed by atoms with E-state index >= 15 is 0 Å². The Bertz CT molecular complexity index is 753. The number of imidazole rings is 1. The highest BCUT2D eigenvalue weighted by Crippen LogP contribution is 2.18. The van der Waals surface area contributed by atoms with E-state index in [4.69, 9.17) is 5.73 Å². The lowest BCUT2D eigenvalue weighted by molar-refractivity contribution is -0.119. The summed E-state index contributed by atoms with van der Waals surface area (Å²) in [5.74, 6) is -0.168. The molecule has 0 bridgehead atoms. The Morgan fingerprint density at radius 2 is 1.91 bits per heavy atom. The number of benzene rings is 1. The van der Waals surface area contributed by atoms with E-state index in [1.807, 2.05) is 13.8 Å². The van der Waals surface area contributed by atoms with E-state index in [9.17, 15) is 13.2 Å². The van der Waals surface area contributed by atoms with Gasteiger partial charge in [0, 0.05) is 5.92 Å². The van der Waals surface area contributed by atoms with Crippen LogP contribution in [0.3, 0.4) is 0 Å². The molecule has 2 rings (SSSR count). The van der Waals surface area contributed by atoms with E-state index in [-0.39, 0.29) is 10.9 Å². The number of amides is 1. The van der Waals surface area contributed by atoms with Crippen LogP contribution in [0.4, 0.5) is 0 Å². The summed E-state index contributed by atoms with van der Waals surface area (Å²) in [4.78, 5) is 18.3. The summed E-state index contributed by atoms with van der Waals surface area (Å²) in [6.45, 7) is 3.78. The number of hydrogen-bond acceptors (Lipinski definition) is 4. The van der Waals surface area contributed by atoms with Crippen LogP contribution in [0.5, 0.6) is 0 Å². The van der Waals surface area contributed by atoms with Gasteiger partial charge in [0.1, 0.15) is 11.9 Å². The molecular formula is C14H18N4O3S. The molecule has 0 aliphatic heterocycles. The molecule has 4 N–H and O–H groups in total. The van der Waals surface area contributed by atoms with E-state index in [1.165, 1.54) is 6.20 Å². The van der Waals surface area contributed by atoms with Crippen LogP contribution in [-0.2, 0) is 14.8 Å². The highest BCUT2D eigenvalue weighted by molar-refractivity contribution is 7.89. The molecule has 0 spiro atoms. The lowest BCUT2D eigenvalue weighted by atomic mass is 10.1. The van der Waals surface area contributed by atoms with Crippen LogP contribution in [0.15, 0.2) is 41.6 Å². The van der Waals surface area contributed by atoms with Gasteiger partial charge in [0.15, 0.2) is 5.03 Å². The summed E-state index contributed by atoms with van der Waals surface area (Å²) < 4.78 is 27.0. The molecule has 7 nitrogen and oxygen atoms in total. The van der Waals surface area contributed by atoms with Gasteiger partial charge in [-0.1, -0.05) is 44.2 Å². The molecule has 1 heterocycles. The number of carbonyl (C=O) groups excluding carboxylic acids is 1. The Morgan fingerprint density at radius 1 is 1.27 bits per heavy atom. The van der Waals surface area contributed by atoms with Crippen LogP contribution >= 0.6 is 0 Å². The van der Waals surface area contributed by atoms with Gasteiger partial charge in [0.05, 0.1) is 6.20 Å². The molecule has 0 aliphatic rings. The minimum atomic E-state index is -3.93. The number of carbonyl (C=O) groups is 1. The van der Waals surface area contributed by atoms with Gasteiger partial charge in [-0.2, -0.15) is 4.72 Å². The maximum atomic E-state index is 12.4. The third kappa shape index (κ3) is 3.52. The standard InChI is InChI=1S/C14H18N4O3S/c1-9(2)14-16-8-11(17-14)22(20,21)18-12(13(15)19)10-6-4-3-5-7-10/h3-9,12,18H,1-2H3,(H2,15,19)(H,16,17). The summed E-state index contributed by atoms with van der Waals surface area (Å²) in [5, 5.41) is -0.0987. The molecular weight excluding hydrogens is 304 g/mol. The maximum absolute atomic E-state index is 12.4. The summed E-state index contributed by atoms with van der Waals surface area (Å²) in [6.07, 6.45) is 1.22. The number of sulfonamides is 1. The number of nitrogens with one attached hydrogen (secondary N) is 2. The minimum absolute atomic E-state index is 0.0602. The van der Waals surface area contributed by atoms with Gasteiger partial charge in [-0.05, 0) is 5.56 Å². The van der Waals surface area contributed by atoms with Gasteiger partial charge < -0.3 is 10.7 Å². The Kier molecular flexibility index (Phi) is 4.62. The van der Waals surface area contributed by atoms with Crippen molar-refractivity contribution in [2.75, 3.05) is 0 Å². The third-order valence-corrected chi connectivity index (χ3v) is 4.43. The second-order valence-electron chi connectivity index (χ2n) is 5.15. The van der Waals surface area contributed by atoms with Gasteiger partial charge in [0.2, 0.25) is 5.91 Å². The second kappa shape index (κ2) is 6.29. The van der Waals surface area contributed by atoms with E-state index in [2.05, 4.69) is 14.7 Å². The van der Waals surface area contributed by atoms with Crippen molar-refractivity contribution in [3.8, 4) is 0 Å². The van der Waals surface area contributed by atoms with Crippen molar-refractivity contribution in [1.82, 2.24) is 14.7 Å². The molecule has 0 fully saturated rings. The number of aromatic amines is 1. The zero-order valence-electron chi connectivity index (χ0n) is 12.3. The first-order chi connectivity index (χ1) is 10.3. The molecule has 0 aliphatic carbocycles.